The van der Waals surface area contributed by atoms with Gasteiger partial charge in [-0.3, -0.25) is 9.80 Å². The number of nitrogens with one attached hydrogen (secondary N) is 3. The number of carbonyl (C=O) groups excluding carboxylic acids is 1. The molecule has 10 heteroatoms. The van der Waals surface area contributed by atoms with E-state index in [4.69, 9.17) is 0 Å². The molecular formula is C21H26FIN6O2. The number of amides is 1. The number of anilines is 4. The molecule has 0 aromatic heterocycles. The van der Waals surface area contributed by atoms with E-state index in [1.807, 2.05) is 33.0 Å². The lowest BCUT2D eigenvalue weighted by molar-refractivity contribution is -0.120. The van der Waals surface area contributed by atoms with Crippen molar-refractivity contribution in [2.45, 2.75) is 18.6 Å². The molecule has 0 spiro atoms. The molecule has 0 radical (unpaired) electrons. The van der Waals surface area contributed by atoms with Gasteiger partial charge in [-0.1, -0.05) is 0 Å². The van der Waals surface area contributed by atoms with E-state index in [1.54, 1.807) is 34.2 Å². The third-order valence-electron chi connectivity index (χ3n) is 6.06. The molecule has 2 heterocycles. The predicted molar refractivity (Wildman–Crippen MR) is 128 cm³/mol. The van der Waals surface area contributed by atoms with Crippen LogP contribution in [0.25, 0.3) is 0 Å². The van der Waals surface area contributed by atoms with Gasteiger partial charge < -0.3 is 25.6 Å². The van der Waals surface area contributed by atoms with Crippen LogP contribution < -0.4 is 21.3 Å². The van der Waals surface area contributed by atoms with Crippen molar-refractivity contribution in [3.8, 4) is 0 Å². The highest BCUT2D eigenvalue weighted by atomic mass is 127. The van der Waals surface area contributed by atoms with Crippen molar-refractivity contribution in [2.75, 3.05) is 50.0 Å². The van der Waals surface area contributed by atoms with Crippen molar-refractivity contribution in [2.24, 2.45) is 0 Å². The Balaban J connectivity index is 1.65. The van der Waals surface area contributed by atoms with Gasteiger partial charge in [-0.25, -0.2) is 4.39 Å². The fourth-order valence-electron chi connectivity index (χ4n) is 3.86. The Hall–Kier alpha value is -2.15. The van der Waals surface area contributed by atoms with Crippen molar-refractivity contribution in [1.29, 1.82) is 0 Å². The molecule has 0 unspecified atom stereocenters. The van der Waals surface area contributed by atoms with Crippen LogP contribution in [0.4, 0.5) is 27.1 Å². The summed E-state index contributed by atoms with van der Waals surface area (Å²) >= 11 is 2.05. The number of rotatable bonds is 5. The number of hydrogen-bond acceptors (Lipinski definition) is 7. The zero-order chi connectivity index (χ0) is 22.5. The summed E-state index contributed by atoms with van der Waals surface area (Å²) < 4.78 is 15.3. The molecule has 31 heavy (non-hydrogen) atoms. The normalized spacial score (nSPS) is 17.8. The second-order valence-corrected chi connectivity index (χ2v) is 9.61. The summed E-state index contributed by atoms with van der Waals surface area (Å²) in [6, 6.07) is 8.35. The lowest BCUT2D eigenvalue weighted by atomic mass is 9.85. The lowest BCUT2D eigenvalue weighted by Crippen LogP contribution is -2.70. The number of fused-ring (bicyclic) bond motifs is 1. The number of β-amino-alcohol motifs (C(OH)–C–C–N with tert-alkyl or cyclic N) is 1. The van der Waals surface area contributed by atoms with Gasteiger partial charge >= 0.3 is 0 Å². The average Bonchev–Trinajstić information content (AvgIpc) is 3.05. The highest BCUT2D eigenvalue weighted by Gasteiger charge is 2.48. The number of hydrogen-bond donors (Lipinski definition) is 4. The first kappa shape index (κ1) is 22.1. The minimum Gasteiger partial charge on any atom is -0.385 e. The molecule has 0 aliphatic carbocycles. The van der Waals surface area contributed by atoms with Crippen LogP contribution in [0, 0.1) is 9.39 Å². The van der Waals surface area contributed by atoms with E-state index in [9.17, 15) is 14.3 Å². The molecule has 1 saturated heterocycles. The van der Waals surface area contributed by atoms with Crippen LogP contribution in [0.3, 0.4) is 0 Å². The van der Waals surface area contributed by atoms with Crippen molar-refractivity contribution >= 4 is 51.2 Å². The maximum atomic E-state index is 14.5. The Morgan fingerprint density at radius 3 is 2.65 bits per heavy atom. The van der Waals surface area contributed by atoms with Gasteiger partial charge in [-0.2, -0.15) is 0 Å². The molecule has 2 aromatic rings. The van der Waals surface area contributed by atoms with Crippen LogP contribution >= 0.6 is 22.6 Å². The van der Waals surface area contributed by atoms with E-state index in [1.165, 1.54) is 6.07 Å². The number of likely N-dealkylation sites (tertiary alicyclic amines) is 1. The number of benzene rings is 2. The van der Waals surface area contributed by atoms with Gasteiger partial charge in [0.1, 0.15) is 11.4 Å². The molecule has 1 fully saturated rings. The largest absolute Gasteiger partial charge is 0.385 e. The van der Waals surface area contributed by atoms with E-state index in [-0.39, 0.29) is 30.7 Å². The summed E-state index contributed by atoms with van der Waals surface area (Å²) in [6.07, 6.45) is 0. The highest BCUT2D eigenvalue weighted by molar-refractivity contribution is 14.1. The van der Waals surface area contributed by atoms with Gasteiger partial charge in [0.25, 0.3) is 5.91 Å². The van der Waals surface area contributed by atoms with Crippen LogP contribution in [-0.4, -0.2) is 66.7 Å². The van der Waals surface area contributed by atoms with Crippen LogP contribution in [0.5, 0.6) is 0 Å². The maximum absolute atomic E-state index is 14.5. The Morgan fingerprint density at radius 2 is 2.00 bits per heavy atom. The Bertz CT molecular complexity index is 1030. The molecule has 0 bridgehead atoms. The van der Waals surface area contributed by atoms with E-state index in [2.05, 4.69) is 38.9 Å². The van der Waals surface area contributed by atoms with Gasteiger partial charge in [0, 0.05) is 16.7 Å². The van der Waals surface area contributed by atoms with E-state index >= 15 is 0 Å². The fourth-order valence-corrected chi connectivity index (χ4v) is 4.31. The first-order chi connectivity index (χ1) is 14.6. The second kappa shape index (κ2) is 8.08. The first-order valence-corrected chi connectivity index (χ1v) is 11.0. The predicted octanol–water partition coefficient (Wildman–Crippen LogP) is 2.59. The summed E-state index contributed by atoms with van der Waals surface area (Å²) in [5, 5.41) is 15.7. The summed E-state index contributed by atoms with van der Waals surface area (Å²) in [7, 11) is 5.64. The average molecular weight is 540 g/mol. The molecular weight excluding hydrogens is 514 g/mol. The topological polar surface area (TPSA) is 83.1 Å². The van der Waals surface area contributed by atoms with Gasteiger partial charge in [-0.15, -0.1) is 5.53 Å². The number of halogens is 2. The number of nitrogens with zero attached hydrogens (tertiary/aromatic N) is 3. The minimum absolute atomic E-state index is 0.0883. The van der Waals surface area contributed by atoms with E-state index in [0.29, 0.717) is 11.3 Å². The quantitative estimate of drug-likeness (QED) is 0.435. The molecule has 4 N–H and O–H groups in total. The number of aliphatic hydroxyl groups is 1. The Kier molecular flexibility index (Phi) is 5.75. The number of likely N-dealkylation sites (N-methyl/N-ethyl adjacent to an activating group) is 1. The highest BCUT2D eigenvalue weighted by Crippen LogP contribution is 2.38. The standard InChI is InChI=1S/C21H26FIN6O2/c1-12(27(2)3)21(31)10-29(11-21)20(30)14-8-19-18(25-26-28(19)4)9-17(14)24-16-6-5-13(23)7-15(16)22/h5-9,12,24-26,31H,10-11H2,1-4H3/t12-/m0/s1. The summed E-state index contributed by atoms with van der Waals surface area (Å²) in [6.45, 7) is 2.42. The molecule has 166 valence electrons. The van der Waals surface area contributed by atoms with Crippen molar-refractivity contribution < 1.29 is 14.3 Å². The van der Waals surface area contributed by atoms with Gasteiger partial charge in [-0.05, 0) is 73.9 Å². The molecule has 1 atom stereocenters. The zero-order valence-corrected chi connectivity index (χ0v) is 20.0. The molecule has 2 aromatic carbocycles. The number of carbonyl (C=O) groups is 1. The monoisotopic (exact) mass is 540 g/mol. The molecule has 1 amide bonds. The third-order valence-corrected chi connectivity index (χ3v) is 6.73. The van der Waals surface area contributed by atoms with Crippen molar-refractivity contribution in [1.82, 2.24) is 15.3 Å². The lowest BCUT2D eigenvalue weighted by Gasteiger charge is -2.51. The zero-order valence-electron chi connectivity index (χ0n) is 17.8. The minimum atomic E-state index is -0.953. The van der Waals surface area contributed by atoms with Crippen LogP contribution in [0.1, 0.15) is 17.3 Å². The van der Waals surface area contributed by atoms with Crippen LogP contribution in [-0.2, 0) is 0 Å². The summed E-state index contributed by atoms with van der Waals surface area (Å²) in [5.41, 5.74) is 7.81. The van der Waals surface area contributed by atoms with E-state index in [0.717, 1.165) is 14.9 Å². The van der Waals surface area contributed by atoms with Gasteiger partial charge in [0.2, 0.25) is 0 Å². The summed E-state index contributed by atoms with van der Waals surface area (Å²) in [5.74, 6) is -0.612. The first-order valence-electron chi connectivity index (χ1n) is 9.92. The molecule has 0 saturated carbocycles. The third kappa shape index (κ3) is 4.04. The molecule has 4 rings (SSSR count). The smallest absolute Gasteiger partial charge is 0.256 e. The molecule has 2 aliphatic rings. The second-order valence-electron chi connectivity index (χ2n) is 8.36. The Labute approximate surface area is 194 Å². The fraction of sp³-hybridized carbons (Fsp3) is 0.381. The SMILES string of the molecule is C[C@H](N(C)C)C1(O)CN(C(=O)c2cc3c(cc2Nc2ccc(I)cc2F)NNN3C)C1. The van der Waals surface area contributed by atoms with Crippen molar-refractivity contribution in [3.05, 3.63) is 45.3 Å². The van der Waals surface area contributed by atoms with Gasteiger partial charge in [0.05, 0.1) is 41.4 Å². The molecule has 2 aliphatic heterocycles. The summed E-state index contributed by atoms with van der Waals surface area (Å²) in [4.78, 5) is 16.9. The van der Waals surface area contributed by atoms with Crippen LogP contribution in [0.2, 0.25) is 0 Å². The molecule has 8 nitrogen and oxygen atoms in total. The Morgan fingerprint density at radius 1 is 1.29 bits per heavy atom. The van der Waals surface area contributed by atoms with E-state index < -0.39 is 11.4 Å². The van der Waals surface area contributed by atoms with Crippen LogP contribution in [0.15, 0.2) is 30.3 Å². The van der Waals surface area contributed by atoms with Gasteiger partial charge in [0.15, 0.2) is 0 Å². The van der Waals surface area contributed by atoms with Crippen molar-refractivity contribution in [3.63, 3.8) is 0 Å². The maximum Gasteiger partial charge on any atom is 0.256 e. The number of hydrazine groups is 2.